The second-order valence-electron chi connectivity index (χ2n) is 8.07. The van der Waals surface area contributed by atoms with Gasteiger partial charge in [0.15, 0.2) is 0 Å². The predicted octanol–water partition coefficient (Wildman–Crippen LogP) is 5.98. The highest BCUT2D eigenvalue weighted by Gasteiger charge is 2.29. The van der Waals surface area contributed by atoms with Crippen molar-refractivity contribution < 1.29 is 9.21 Å². The van der Waals surface area contributed by atoms with Gasteiger partial charge >= 0.3 is 0 Å². The van der Waals surface area contributed by atoms with Gasteiger partial charge < -0.3 is 9.32 Å². The van der Waals surface area contributed by atoms with Crippen LogP contribution in [-0.2, 0) is 13.0 Å². The zero-order valence-electron chi connectivity index (χ0n) is 19.0. The van der Waals surface area contributed by atoms with Gasteiger partial charge in [-0.2, -0.15) is 0 Å². The molecule has 1 unspecified atom stereocenters. The van der Waals surface area contributed by atoms with Crippen LogP contribution in [0.4, 0.5) is 0 Å². The zero-order chi connectivity index (χ0) is 23.0. The van der Waals surface area contributed by atoms with Gasteiger partial charge in [0.25, 0.3) is 5.91 Å². The maximum absolute atomic E-state index is 14.0. The lowest BCUT2D eigenvalue weighted by atomic mass is 10.0. The number of benzene rings is 1. The lowest BCUT2D eigenvalue weighted by molar-refractivity contribution is 0.0646. The first-order chi connectivity index (χ1) is 15.3. The average Bonchev–Trinajstić information content (AvgIpc) is 3.28. The van der Waals surface area contributed by atoms with Crippen molar-refractivity contribution in [2.75, 3.05) is 0 Å². The van der Waals surface area contributed by atoms with E-state index in [0.717, 1.165) is 33.6 Å². The molecule has 4 rings (SSSR count). The Labute approximate surface area is 196 Å². The number of carbonyl (C=O) groups excluding carboxylic acids is 1. The molecule has 32 heavy (non-hydrogen) atoms. The van der Waals surface area contributed by atoms with E-state index in [4.69, 9.17) is 4.42 Å². The summed E-state index contributed by atoms with van der Waals surface area (Å²) in [6.45, 7) is 10.1. The highest BCUT2D eigenvalue weighted by Crippen LogP contribution is 2.27. The van der Waals surface area contributed by atoms with Crippen molar-refractivity contribution in [1.29, 1.82) is 0 Å². The van der Waals surface area contributed by atoms with Crippen LogP contribution in [0.2, 0.25) is 0 Å². The predicted molar refractivity (Wildman–Crippen MR) is 128 cm³/mol. The Morgan fingerprint density at radius 3 is 2.44 bits per heavy atom. The van der Waals surface area contributed by atoms with Crippen molar-refractivity contribution in [2.45, 2.75) is 53.6 Å². The van der Waals surface area contributed by atoms with Gasteiger partial charge in [-0.05, 0) is 73.3 Å². The van der Waals surface area contributed by atoms with Gasteiger partial charge in [0.05, 0.1) is 24.0 Å². The quantitative estimate of drug-likeness (QED) is 0.330. The standard InChI is InChI=1S/C25H27BrN4O2/c1-6-19-7-9-20(10-8-19)17(4)29(14-23-28-15(2)18(5)32-23)25(31)24-16(3)27-22-12-11-21(26)13-30(22)24/h7-13,17H,6,14H2,1-5H3. The number of hydrogen-bond donors (Lipinski definition) is 0. The normalized spacial score (nSPS) is 12.3. The van der Waals surface area contributed by atoms with Crippen molar-refractivity contribution in [1.82, 2.24) is 19.3 Å². The average molecular weight is 495 g/mol. The molecule has 1 amide bonds. The minimum absolute atomic E-state index is 0.117. The fourth-order valence-electron chi connectivity index (χ4n) is 3.88. The van der Waals surface area contributed by atoms with Gasteiger partial charge in [-0.15, -0.1) is 0 Å². The van der Waals surface area contributed by atoms with Gasteiger partial charge in [0.2, 0.25) is 5.89 Å². The maximum atomic E-state index is 14.0. The highest BCUT2D eigenvalue weighted by atomic mass is 79.9. The first-order valence-corrected chi connectivity index (χ1v) is 11.5. The molecule has 0 spiro atoms. The van der Waals surface area contributed by atoms with Crippen LogP contribution in [0.3, 0.4) is 0 Å². The third-order valence-electron chi connectivity index (χ3n) is 5.94. The molecule has 0 saturated heterocycles. The summed E-state index contributed by atoms with van der Waals surface area (Å²) in [6, 6.07) is 12.0. The Kier molecular flexibility index (Phi) is 6.20. The van der Waals surface area contributed by atoms with Crippen LogP contribution >= 0.6 is 15.9 Å². The number of fused-ring (bicyclic) bond motifs is 1. The molecule has 0 bridgehead atoms. The number of oxazole rings is 1. The maximum Gasteiger partial charge on any atom is 0.273 e. The summed E-state index contributed by atoms with van der Waals surface area (Å²) in [4.78, 5) is 24.9. The summed E-state index contributed by atoms with van der Waals surface area (Å²) in [7, 11) is 0. The second kappa shape index (κ2) is 8.90. The Bertz CT molecular complexity index is 1250. The lowest BCUT2D eigenvalue weighted by Crippen LogP contribution is -2.34. The summed E-state index contributed by atoms with van der Waals surface area (Å²) in [5, 5.41) is 0. The molecule has 0 aliphatic heterocycles. The fraction of sp³-hybridized carbons (Fsp3) is 0.320. The summed E-state index contributed by atoms with van der Waals surface area (Å²) in [5.41, 5.74) is 5.12. The third-order valence-corrected chi connectivity index (χ3v) is 6.41. The third kappa shape index (κ3) is 4.21. The Morgan fingerprint density at radius 2 is 1.81 bits per heavy atom. The van der Waals surface area contributed by atoms with E-state index in [9.17, 15) is 4.79 Å². The van der Waals surface area contributed by atoms with Crippen molar-refractivity contribution in [3.8, 4) is 0 Å². The molecule has 3 aromatic heterocycles. The zero-order valence-corrected chi connectivity index (χ0v) is 20.6. The molecule has 7 heteroatoms. The molecular weight excluding hydrogens is 468 g/mol. The highest BCUT2D eigenvalue weighted by molar-refractivity contribution is 9.10. The minimum atomic E-state index is -0.182. The smallest absolute Gasteiger partial charge is 0.273 e. The van der Waals surface area contributed by atoms with E-state index in [0.29, 0.717) is 17.3 Å². The van der Waals surface area contributed by atoms with Crippen molar-refractivity contribution in [3.63, 3.8) is 0 Å². The monoisotopic (exact) mass is 494 g/mol. The lowest BCUT2D eigenvalue weighted by Gasteiger charge is -2.29. The van der Waals surface area contributed by atoms with Crippen LogP contribution in [0.15, 0.2) is 51.5 Å². The number of aromatic nitrogens is 3. The molecule has 0 radical (unpaired) electrons. The van der Waals surface area contributed by atoms with E-state index in [1.165, 1.54) is 5.56 Å². The van der Waals surface area contributed by atoms with Crippen molar-refractivity contribution >= 4 is 27.5 Å². The Hall–Kier alpha value is -2.93. The van der Waals surface area contributed by atoms with Crippen molar-refractivity contribution in [2.24, 2.45) is 0 Å². The van der Waals surface area contributed by atoms with E-state index < -0.39 is 0 Å². The number of amides is 1. The fourth-order valence-corrected chi connectivity index (χ4v) is 4.22. The number of imidazole rings is 1. The molecule has 166 valence electrons. The molecule has 0 saturated carbocycles. The van der Waals surface area contributed by atoms with E-state index in [-0.39, 0.29) is 18.5 Å². The largest absolute Gasteiger partial charge is 0.444 e. The molecule has 3 heterocycles. The van der Waals surface area contributed by atoms with Gasteiger partial charge in [-0.25, -0.2) is 9.97 Å². The van der Waals surface area contributed by atoms with Crippen LogP contribution in [0.1, 0.15) is 64.5 Å². The second-order valence-corrected chi connectivity index (χ2v) is 8.99. The summed E-state index contributed by atoms with van der Waals surface area (Å²) in [6.07, 6.45) is 2.85. The number of hydrogen-bond acceptors (Lipinski definition) is 4. The first-order valence-electron chi connectivity index (χ1n) is 10.8. The van der Waals surface area contributed by atoms with E-state index in [1.54, 1.807) is 0 Å². The van der Waals surface area contributed by atoms with Gasteiger partial charge in [-0.3, -0.25) is 9.20 Å². The summed E-state index contributed by atoms with van der Waals surface area (Å²) < 4.78 is 8.56. The van der Waals surface area contributed by atoms with E-state index >= 15 is 0 Å². The summed E-state index contributed by atoms with van der Waals surface area (Å²) >= 11 is 3.51. The van der Waals surface area contributed by atoms with E-state index in [2.05, 4.69) is 57.1 Å². The Morgan fingerprint density at radius 1 is 1.09 bits per heavy atom. The molecule has 1 aromatic carbocycles. The number of pyridine rings is 1. The van der Waals surface area contributed by atoms with E-state index in [1.807, 2.05) is 55.3 Å². The number of halogens is 1. The van der Waals surface area contributed by atoms with Crippen LogP contribution < -0.4 is 0 Å². The van der Waals surface area contributed by atoms with Crippen LogP contribution in [0.5, 0.6) is 0 Å². The molecule has 4 aromatic rings. The van der Waals surface area contributed by atoms with Gasteiger partial charge in [-0.1, -0.05) is 31.2 Å². The van der Waals surface area contributed by atoms with Crippen molar-refractivity contribution in [3.05, 3.63) is 86.9 Å². The van der Waals surface area contributed by atoms with Crippen LogP contribution in [-0.4, -0.2) is 25.2 Å². The minimum Gasteiger partial charge on any atom is -0.444 e. The molecule has 6 nitrogen and oxygen atoms in total. The first kappa shape index (κ1) is 22.3. The number of carbonyl (C=O) groups is 1. The van der Waals surface area contributed by atoms with Gasteiger partial charge in [0, 0.05) is 10.7 Å². The number of rotatable bonds is 6. The van der Waals surface area contributed by atoms with Crippen LogP contribution in [0, 0.1) is 20.8 Å². The molecule has 0 aliphatic rings. The van der Waals surface area contributed by atoms with Crippen LogP contribution in [0.25, 0.3) is 5.65 Å². The molecule has 0 aliphatic carbocycles. The SMILES string of the molecule is CCc1ccc(C(C)N(Cc2nc(C)c(C)o2)C(=O)c2c(C)nc3ccc(Br)cn23)cc1. The molecule has 0 N–H and O–H groups in total. The summed E-state index contributed by atoms with van der Waals surface area (Å²) in [5.74, 6) is 1.17. The molecule has 1 atom stereocenters. The molecular formula is C25H27BrN4O2. The topological polar surface area (TPSA) is 63.6 Å². The number of nitrogens with zero attached hydrogens (tertiary/aromatic N) is 4. The van der Waals surface area contributed by atoms with Gasteiger partial charge in [0.1, 0.15) is 17.1 Å². The Balaban J connectivity index is 1.78. The number of aryl methyl sites for hydroxylation is 4. The molecule has 0 fully saturated rings.